The van der Waals surface area contributed by atoms with Gasteiger partial charge in [-0.2, -0.15) is 0 Å². The number of nitrogens with zero attached hydrogens (tertiary/aromatic N) is 3. The number of amides is 1. The number of para-hydroxylation sites is 1. The van der Waals surface area contributed by atoms with E-state index in [2.05, 4.69) is 23.2 Å². The molecule has 2 aromatic heterocycles. The zero-order valence-electron chi connectivity index (χ0n) is 16.2. The summed E-state index contributed by atoms with van der Waals surface area (Å²) in [4.78, 5) is 24.3. The lowest BCUT2D eigenvalue weighted by molar-refractivity contribution is 0.0707. The molecule has 1 saturated heterocycles. The molecule has 0 bridgehead atoms. The molecule has 0 unspecified atom stereocenters. The first-order valence-corrected chi connectivity index (χ1v) is 10.6. The third-order valence-electron chi connectivity index (χ3n) is 5.56. The van der Waals surface area contributed by atoms with Crippen molar-refractivity contribution in [2.75, 3.05) is 20.2 Å². The van der Waals surface area contributed by atoms with Gasteiger partial charge < -0.3 is 9.64 Å². The zero-order chi connectivity index (χ0) is 19.8. The molecule has 2 aromatic carbocycles. The number of methoxy groups -OCH3 is 1. The van der Waals surface area contributed by atoms with Crippen LogP contribution in [0.25, 0.3) is 21.1 Å². The number of likely N-dealkylation sites (tertiary alicyclic amines) is 1. The summed E-state index contributed by atoms with van der Waals surface area (Å²) in [6.07, 6.45) is 1.88. The fourth-order valence-corrected chi connectivity index (χ4v) is 5.04. The second kappa shape index (κ2) is 7.44. The Morgan fingerprint density at radius 2 is 1.86 bits per heavy atom. The van der Waals surface area contributed by atoms with Crippen molar-refractivity contribution >= 4 is 38.4 Å². The van der Waals surface area contributed by atoms with Gasteiger partial charge in [0.1, 0.15) is 11.4 Å². The molecule has 5 nitrogen and oxygen atoms in total. The van der Waals surface area contributed by atoms with Gasteiger partial charge in [0.2, 0.25) is 0 Å². The van der Waals surface area contributed by atoms with Crippen molar-refractivity contribution in [2.24, 2.45) is 0 Å². The SMILES string of the molecule is COc1ccc2nc(C(=O)N3CCC(c4nc5ccccc5s4)CC3)ccc2c1. The summed E-state index contributed by atoms with van der Waals surface area (Å²) in [6, 6.07) is 17.7. The molecule has 0 spiro atoms. The van der Waals surface area contributed by atoms with E-state index >= 15 is 0 Å². The summed E-state index contributed by atoms with van der Waals surface area (Å²) >= 11 is 1.78. The summed E-state index contributed by atoms with van der Waals surface area (Å²) in [5.41, 5.74) is 2.38. The minimum absolute atomic E-state index is 0.00506. The maximum Gasteiger partial charge on any atom is 0.272 e. The molecule has 0 N–H and O–H groups in total. The van der Waals surface area contributed by atoms with Gasteiger partial charge in [0.05, 0.1) is 27.9 Å². The Balaban J connectivity index is 1.30. The van der Waals surface area contributed by atoms with Crippen LogP contribution >= 0.6 is 11.3 Å². The number of carbonyl (C=O) groups is 1. The van der Waals surface area contributed by atoms with E-state index in [4.69, 9.17) is 9.72 Å². The van der Waals surface area contributed by atoms with Gasteiger partial charge in [-0.05, 0) is 49.2 Å². The number of fused-ring (bicyclic) bond motifs is 2. The highest BCUT2D eigenvalue weighted by Gasteiger charge is 2.27. The number of rotatable bonds is 3. The number of thiazole rings is 1. The topological polar surface area (TPSA) is 55.3 Å². The molecule has 5 rings (SSSR count). The lowest BCUT2D eigenvalue weighted by atomic mass is 9.97. The van der Waals surface area contributed by atoms with Crippen molar-refractivity contribution in [1.82, 2.24) is 14.9 Å². The second-order valence-corrected chi connectivity index (χ2v) is 8.40. The Morgan fingerprint density at radius 1 is 1.03 bits per heavy atom. The molecule has 1 fully saturated rings. The van der Waals surface area contributed by atoms with E-state index in [-0.39, 0.29) is 5.91 Å². The molecule has 0 aliphatic carbocycles. The van der Waals surface area contributed by atoms with E-state index in [0.29, 0.717) is 11.6 Å². The number of aromatic nitrogens is 2. The van der Waals surface area contributed by atoms with E-state index in [0.717, 1.165) is 48.1 Å². The highest BCUT2D eigenvalue weighted by Crippen LogP contribution is 2.34. The first kappa shape index (κ1) is 18.1. The number of ether oxygens (including phenoxy) is 1. The maximum absolute atomic E-state index is 13.0. The fraction of sp³-hybridized carbons (Fsp3) is 0.261. The van der Waals surface area contributed by atoms with Crippen LogP contribution in [0.1, 0.15) is 34.3 Å². The lowest BCUT2D eigenvalue weighted by Gasteiger charge is -2.31. The van der Waals surface area contributed by atoms with Crippen LogP contribution in [0.4, 0.5) is 0 Å². The Labute approximate surface area is 173 Å². The van der Waals surface area contributed by atoms with Crippen LogP contribution in [0.15, 0.2) is 54.6 Å². The van der Waals surface area contributed by atoms with Crippen molar-refractivity contribution in [3.05, 3.63) is 65.3 Å². The molecule has 4 aromatic rings. The molecule has 146 valence electrons. The summed E-state index contributed by atoms with van der Waals surface area (Å²) in [6.45, 7) is 1.48. The van der Waals surface area contributed by atoms with Crippen LogP contribution in [-0.4, -0.2) is 41.0 Å². The van der Waals surface area contributed by atoms with Crippen molar-refractivity contribution in [2.45, 2.75) is 18.8 Å². The smallest absolute Gasteiger partial charge is 0.272 e. The lowest BCUT2D eigenvalue weighted by Crippen LogP contribution is -2.38. The van der Waals surface area contributed by atoms with Crippen molar-refractivity contribution in [1.29, 1.82) is 0 Å². The average Bonchev–Trinajstić information content (AvgIpc) is 3.22. The number of pyridine rings is 1. The number of hydrogen-bond acceptors (Lipinski definition) is 5. The van der Waals surface area contributed by atoms with E-state index < -0.39 is 0 Å². The number of piperidine rings is 1. The van der Waals surface area contributed by atoms with Gasteiger partial charge in [0.25, 0.3) is 5.91 Å². The van der Waals surface area contributed by atoms with Gasteiger partial charge in [0, 0.05) is 24.4 Å². The summed E-state index contributed by atoms with van der Waals surface area (Å²) < 4.78 is 6.49. The van der Waals surface area contributed by atoms with Gasteiger partial charge in [0.15, 0.2) is 0 Å². The first-order valence-electron chi connectivity index (χ1n) is 9.81. The van der Waals surface area contributed by atoms with Crippen LogP contribution in [0, 0.1) is 0 Å². The van der Waals surface area contributed by atoms with E-state index in [1.165, 1.54) is 9.71 Å². The van der Waals surface area contributed by atoms with Crippen molar-refractivity contribution < 1.29 is 9.53 Å². The molecule has 1 amide bonds. The molecule has 3 heterocycles. The predicted molar refractivity (Wildman–Crippen MR) is 116 cm³/mol. The predicted octanol–water partition coefficient (Wildman–Crippen LogP) is 4.87. The standard InChI is InChI=1S/C23H21N3O2S/c1-28-17-7-9-18-16(14-17)6-8-20(24-18)23(27)26-12-10-15(11-13-26)22-25-19-4-2-3-5-21(19)29-22/h2-9,14-15H,10-13H2,1H3. The summed E-state index contributed by atoms with van der Waals surface area (Å²) in [5, 5.41) is 2.16. The van der Waals surface area contributed by atoms with Gasteiger partial charge in [-0.3, -0.25) is 4.79 Å². The van der Waals surface area contributed by atoms with Crippen molar-refractivity contribution in [3.63, 3.8) is 0 Å². The third kappa shape index (κ3) is 3.44. The van der Waals surface area contributed by atoms with Gasteiger partial charge in [-0.1, -0.05) is 18.2 Å². The average molecular weight is 404 g/mol. The Bertz CT molecular complexity index is 1160. The van der Waals surface area contributed by atoms with Gasteiger partial charge >= 0.3 is 0 Å². The molecule has 0 atom stereocenters. The molecule has 1 aliphatic heterocycles. The Kier molecular flexibility index (Phi) is 4.64. The van der Waals surface area contributed by atoms with Crippen LogP contribution in [0.5, 0.6) is 5.75 Å². The Morgan fingerprint density at radius 3 is 2.66 bits per heavy atom. The largest absolute Gasteiger partial charge is 0.497 e. The minimum atomic E-state index is 0.00506. The van der Waals surface area contributed by atoms with Crippen LogP contribution in [0.2, 0.25) is 0 Å². The molecule has 1 aliphatic rings. The molecular weight excluding hydrogens is 382 g/mol. The minimum Gasteiger partial charge on any atom is -0.497 e. The first-order chi connectivity index (χ1) is 14.2. The summed E-state index contributed by atoms with van der Waals surface area (Å²) in [5.74, 6) is 1.22. The van der Waals surface area contributed by atoms with Gasteiger partial charge in [-0.15, -0.1) is 11.3 Å². The van der Waals surface area contributed by atoms with Crippen molar-refractivity contribution in [3.8, 4) is 5.75 Å². The fourth-order valence-electron chi connectivity index (χ4n) is 3.91. The van der Waals surface area contributed by atoms with E-state index in [1.54, 1.807) is 18.4 Å². The monoisotopic (exact) mass is 403 g/mol. The second-order valence-electron chi connectivity index (χ2n) is 7.34. The van der Waals surface area contributed by atoms with Crippen LogP contribution in [0.3, 0.4) is 0 Å². The summed E-state index contributed by atoms with van der Waals surface area (Å²) in [7, 11) is 1.64. The highest BCUT2D eigenvalue weighted by atomic mass is 32.1. The quantitative estimate of drug-likeness (QED) is 0.490. The molecule has 0 saturated carbocycles. The molecule has 6 heteroatoms. The highest BCUT2D eigenvalue weighted by molar-refractivity contribution is 7.18. The maximum atomic E-state index is 13.0. The zero-order valence-corrected chi connectivity index (χ0v) is 17.0. The number of hydrogen-bond donors (Lipinski definition) is 0. The normalized spacial score (nSPS) is 15.1. The van der Waals surface area contributed by atoms with E-state index in [1.807, 2.05) is 41.3 Å². The van der Waals surface area contributed by atoms with Crippen LogP contribution < -0.4 is 4.74 Å². The Hall–Kier alpha value is -2.99. The van der Waals surface area contributed by atoms with Crippen LogP contribution in [-0.2, 0) is 0 Å². The molecule has 0 radical (unpaired) electrons. The van der Waals surface area contributed by atoms with E-state index in [9.17, 15) is 4.79 Å². The van der Waals surface area contributed by atoms with Gasteiger partial charge in [-0.25, -0.2) is 9.97 Å². The third-order valence-corrected chi connectivity index (χ3v) is 6.76. The number of benzene rings is 2. The molecular formula is C23H21N3O2S. The molecule has 29 heavy (non-hydrogen) atoms. The number of carbonyl (C=O) groups excluding carboxylic acids is 1.